The fraction of sp³-hybridized carbons (Fsp3) is 0.450. The highest BCUT2D eigenvalue weighted by molar-refractivity contribution is 7.84. The van der Waals surface area contributed by atoms with E-state index in [0.29, 0.717) is 28.0 Å². The van der Waals surface area contributed by atoms with Crippen LogP contribution in [0.1, 0.15) is 31.2 Å². The van der Waals surface area contributed by atoms with E-state index < -0.39 is 10.8 Å². The fourth-order valence-electron chi connectivity index (χ4n) is 4.00. The van der Waals surface area contributed by atoms with E-state index in [2.05, 4.69) is 9.97 Å². The molecule has 2 aliphatic rings. The highest BCUT2D eigenvalue weighted by Gasteiger charge is 2.39. The molecule has 0 spiro atoms. The third-order valence-electron chi connectivity index (χ3n) is 5.50. The van der Waals surface area contributed by atoms with Gasteiger partial charge in [0, 0.05) is 36.2 Å². The predicted octanol–water partition coefficient (Wildman–Crippen LogP) is 3.77. The zero-order chi connectivity index (χ0) is 21.4. The number of halogens is 1. The molecule has 0 bridgehead atoms. The second-order valence-corrected chi connectivity index (χ2v) is 8.95. The summed E-state index contributed by atoms with van der Waals surface area (Å²) in [7, 11) is 1.72. The Hall–Kier alpha value is -2.39. The van der Waals surface area contributed by atoms with E-state index in [1.54, 1.807) is 35.2 Å². The SMILES string of the molecule is COc1cc(OC)c(Cl)c(N2Cc3cnc(S(C)=O)nc3N(C3CCCC3)C2=O)c1. The molecule has 1 aromatic carbocycles. The summed E-state index contributed by atoms with van der Waals surface area (Å²) in [5.41, 5.74) is 1.27. The summed E-state index contributed by atoms with van der Waals surface area (Å²) in [6.45, 7) is 0.240. The zero-order valence-corrected chi connectivity index (χ0v) is 18.6. The summed E-state index contributed by atoms with van der Waals surface area (Å²) < 4.78 is 22.7. The van der Waals surface area contributed by atoms with Crippen molar-refractivity contribution in [2.24, 2.45) is 0 Å². The number of benzene rings is 1. The highest BCUT2D eigenvalue weighted by Crippen LogP contribution is 2.43. The van der Waals surface area contributed by atoms with Crippen LogP contribution in [0.25, 0.3) is 0 Å². The molecule has 1 fully saturated rings. The lowest BCUT2D eigenvalue weighted by atomic mass is 10.1. The van der Waals surface area contributed by atoms with Gasteiger partial charge in [-0.1, -0.05) is 24.4 Å². The lowest BCUT2D eigenvalue weighted by Gasteiger charge is -2.39. The molecule has 160 valence electrons. The summed E-state index contributed by atoms with van der Waals surface area (Å²) in [5, 5.41) is 0.549. The number of aromatic nitrogens is 2. The number of amides is 2. The van der Waals surface area contributed by atoms with Crippen LogP contribution in [-0.4, -0.2) is 46.7 Å². The number of carbonyl (C=O) groups excluding carboxylic acids is 1. The van der Waals surface area contributed by atoms with Crippen LogP contribution in [0.4, 0.5) is 16.3 Å². The van der Waals surface area contributed by atoms with E-state index in [9.17, 15) is 9.00 Å². The van der Waals surface area contributed by atoms with Gasteiger partial charge in [-0.25, -0.2) is 14.8 Å². The fourth-order valence-corrected chi connectivity index (χ4v) is 4.70. The van der Waals surface area contributed by atoms with E-state index in [0.717, 1.165) is 31.2 Å². The van der Waals surface area contributed by atoms with Crippen molar-refractivity contribution in [3.05, 3.63) is 28.9 Å². The van der Waals surface area contributed by atoms with Crippen molar-refractivity contribution in [3.8, 4) is 11.5 Å². The number of anilines is 2. The maximum Gasteiger partial charge on any atom is 0.330 e. The van der Waals surface area contributed by atoms with Crippen molar-refractivity contribution in [1.82, 2.24) is 9.97 Å². The molecular weight excluding hydrogens is 428 g/mol. The first-order valence-electron chi connectivity index (χ1n) is 9.66. The lowest BCUT2D eigenvalue weighted by Crippen LogP contribution is -2.52. The predicted molar refractivity (Wildman–Crippen MR) is 115 cm³/mol. The van der Waals surface area contributed by atoms with Gasteiger partial charge in [-0.15, -0.1) is 0 Å². The Morgan fingerprint density at radius 3 is 2.57 bits per heavy atom. The van der Waals surface area contributed by atoms with Crippen LogP contribution in [0.3, 0.4) is 0 Å². The number of fused-ring (bicyclic) bond motifs is 1. The Morgan fingerprint density at radius 1 is 1.20 bits per heavy atom. The van der Waals surface area contributed by atoms with E-state index in [1.807, 2.05) is 0 Å². The zero-order valence-electron chi connectivity index (χ0n) is 17.1. The van der Waals surface area contributed by atoms with Crippen LogP contribution in [-0.2, 0) is 17.3 Å². The first-order valence-corrected chi connectivity index (χ1v) is 11.6. The molecule has 10 heteroatoms. The molecule has 8 nitrogen and oxygen atoms in total. The number of hydrogen-bond donors (Lipinski definition) is 0. The van der Waals surface area contributed by atoms with Crippen LogP contribution in [0.5, 0.6) is 11.5 Å². The first kappa shape index (κ1) is 20.9. The lowest BCUT2D eigenvalue weighted by molar-refractivity contribution is 0.247. The highest BCUT2D eigenvalue weighted by atomic mass is 35.5. The van der Waals surface area contributed by atoms with Gasteiger partial charge in [0.2, 0.25) is 5.16 Å². The average Bonchev–Trinajstić information content (AvgIpc) is 3.27. The van der Waals surface area contributed by atoms with Crippen molar-refractivity contribution >= 4 is 39.9 Å². The summed E-state index contributed by atoms with van der Waals surface area (Å²) in [6.07, 6.45) is 7.06. The molecular formula is C20H23ClN4O4S. The molecule has 30 heavy (non-hydrogen) atoms. The molecule has 2 aromatic rings. The van der Waals surface area contributed by atoms with E-state index in [1.165, 1.54) is 13.4 Å². The third-order valence-corrected chi connectivity index (χ3v) is 6.59. The number of methoxy groups -OCH3 is 2. The van der Waals surface area contributed by atoms with Gasteiger partial charge in [-0.3, -0.25) is 14.0 Å². The Kier molecular flexibility index (Phi) is 5.84. The summed E-state index contributed by atoms with van der Waals surface area (Å²) in [4.78, 5) is 25.7. The molecule has 0 radical (unpaired) electrons. The van der Waals surface area contributed by atoms with Crippen molar-refractivity contribution in [2.45, 2.75) is 43.4 Å². The number of hydrogen-bond acceptors (Lipinski definition) is 6. The topological polar surface area (TPSA) is 84.9 Å². The first-order chi connectivity index (χ1) is 14.4. The molecule has 1 aliphatic heterocycles. The molecule has 4 rings (SSSR count). The maximum absolute atomic E-state index is 13.7. The van der Waals surface area contributed by atoms with Crippen LogP contribution < -0.4 is 19.3 Å². The van der Waals surface area contributed by atoms with Crippen LogP contribution in [0.2, 0.25) is 5.02 Å². The molecule has 1 aliphatic carbocycles. The van der Waals surface area contributed by atoms with E-state index >= 15 is 0 Å². The molecule has 1 aromatic heterocycles. The summed E-state index contributed by atoms with van der Waals surface area (Å²) >= 11 is 6.57. The normalized spacial score (nSPS) is 17.8. The molecule has 0 N–H and O–H groups in total. The van der Waals surface area contributed by atoms with Gasteiger partial charge in [-0.2, -0.15) is 0 Å². The Balaban J connectivity index is 1.84. The largest absolute Gasteiger partial charge is 0.497 e. The molecule has 1 unspecified atom stereocenters. The number of carbonyl (C=O) groups is 1. The number of nitrogens with zero attached hydrogens (tertiary/aromatic N) is 4. The third kappa shape index (κ3) is 3.60. The van der Waals surface area contributed by atoms with Gasteiger partial charge >= 0.3 is 6.03 Å². The summed E-state index contributed by atoms with van der Waals surface area (Å²) in [6, 6.07) is 3.20. The smallest absolute Gasteiger partial charge is 0.330 e. The van der Waals surface area contributed by atoms with Crippen molar-refractivity contribution in [1.29, 1.82) is 0 Å². The Morgan fingerprint density at radius 2 is 1.93 bits per heavy atom. The van der Waals surface area contributed by atoms with Gasteiger partial charge in [0.05, 0.1) is 37.3 Å². The minimum absolute atomic E-state index is 0.0263. The molecule has 1 saturated carbocycles. The molecule has 0 saturated heterocycles. The standard InChI is InChI=1S/C20H23ClN4O4S/c1-28-14-8-15(17(21)16(9-14)29-2)24-11-12-10-22-19(30(3)27)23-18(12)25(20(24)26)13-6-4-5-7-13/h8-10,13H,4-7,11H2,1-3H3. The van der Waals surface area contributed by atoms with Crippen molar-refractivity contribution in [3.63, 3.8) is 0 Å². The second kappa shape index (κ2) is 8.39. The van der Waals surface area contributed by atoms with Crippen molar-refractivity contribution < 1.29 is 18.5 Å². The van der Waals surface area contributed by atoms with E-state index in [4.69, 9.17) is 21.1 Å². The van der Waals surface area contributed by atoms with Gasteiger partial charge in [0.15, 0.2) is 0 Å². The number of rotatable bonds is 5. The van der Waals surface area contributed by atoms with Crippen molar-refractivity contribution in [2.75, 3.05) is 30.3 Å². The van der Waals surface area contributed by atoms with Gasteiger partial charge in [0.25, 0.3) is 0 Å². The molecule has 2 amide bonds. The second-order valence-electron chi connectivity index (χ2n) is 7.30. The van der Waals surface area contributed by atoms with Gasteiger partial charge in [0.1, 0.15) is 22.3 Å². The minimum Gasteiger partial charge on any atom is -0.497 e. The van der Waals surface area contributed by atoms with Gasteiger partial charge in [-0.05, 0) is 12.8 Å². The Bertz CT molecular complexity index is 1010. The maximum atomic E-state index is 13.7. The van der Waals surface area contributed by atoms with Crippen LogP contribution in [0.15, 0.2) is 23.5 Å². The Labute approximate surface area is 182 Å². The minimum atomic E-state index is -1.34. The average molecular weight is 451 g/mol. The molecule has 2 heterocycles. The van der Waals surface area contributed by atoms with E-state index in [-0.39, 0.29) is 23.8 Å². The van der Waals surface area contributed by atoms with Crippen LogP contribution in [0, 0.1) is 0 Å². The quantitative estimate of drug-likeness (QED) is 0.644. The van der Waals surface area contributed by atoms with Crippen LogP contribution >= 0.6 is 11.6 Å². The van der Waals surface area contributed by atoms with Gasteiger partial charge < -0.3 is 9.47 Å². The summed E-state index contributed by atoms with van der Waals surface area (Å²) in [5.74, 6) is 1.49. The number of urea groups is 1. The number of ether oxygens (including phenoxy) is 2. The molecule has 1 atom stereocenters. The monoisotopic (exact) mass is 450 g/mol.